The normalized spacial score (nSPS) is 32.4. The van der Waals surface area contributed by atoms with Crippen molar-refractivity contribution >= 4 is 23.5 Å². The maximum Gasteiger partial charge on any atom is 0.336 e. The zero-order valence-electron chi connectivity index (χ0n) is 19.1. The highest BCUT2D eigenvalue weighted by atomic mass is 32.2. The Morgan fingerprint density at radius 1 is 1.18 bits per heavy atom. The lowest BCUT2D eigenvalue weighted by molar-refractivity contribution is -0.141. The lowest BCUT2D eigenvalue weighted by atomic mass is 9.48. The Labute approximate surface area is 198 Å². The fourth-order valence-electron chi connectivity index (χ4n) is 7.04. The second-order valence-electron chi connectivity index (χ2n) is 10.1. The van der Waals surface area contributed by atoms with Crippen LogP contribution in [0.25, 0.3) is 0 Å². The van der Waals surface area contributed by atoms with E-state index in [0.29, 0.717) is 33.4 Å². The number of hydrogen-bond acceptors (Lipinski definition) is 7. The smallest absolute Gasteiger partial charge is 0.336 e. The SMILES string of the molecule is COC(=O)C1=C(C)NC(SCC(=O)C23CC4CC(CC(C4)C2)C3)=C(C#N)C1c1ccncc1. The number of dihydropyridines is 1. The molecular weight excluding hydrogens is 434 g/mol. The maximum atomic E-state index is 13.5. The van der Waals surface area contributed by atoms with Gasteiger partial charge in [0.25, 0.3) is 0 Å². The first-order valence-electron chi connectivity index (χ1n) is 11.7. The average molecular weight is 464 g/mol. The number of carbonyl (C=O) groups excluding carboxylic acids is 2. The average Bonchev–Trinajstić information content (AvgIpc) is 2.81. The molecule has 1 aromatic rings. The molecule has 33 heavy (non-hydrogen) atoms. The van der Waals surface area contributed by atoms with Gasteiger partial charge in [-0.2, -0.15) is 5.26 Å². The van der Waals surface area contributed by atoms with Crippen LogP contribution in [0.15, 0.2) is 46.4 Å². The highest BCUT2D eigenvalue weighted by molar-refractivity contribution is 8.03. The van der Waals surface area contributed by atoms with Crippen LogP contribution in [0.2, 0.25) is 0 Å². The van der Waals surface area contributed by atoms with Crippen LogP contribution < -0.4 is 5.32 Å². The number of ketones is 1. The van der Waals surface area contributed by atoms with Gasteiger partial charge in [-0.05, 0) is 80.9 Å². The summed E-state index contributed by atoms with van der Waals surface area (Å²) in [7, 11) is 1.34. The standard InChI is InChI=1S/C26H29N3O3S/c1-15-22(25(31)32-2)23(19-3-5-28-6-4-19)20(13-27)24(29-15)33-14-21(30)26-10-16-7-17(11-26)9-18(8-16)12-26/h3-6,16-18,23,29H,7-12,14H2,1-2H3. The van der Waals surface area contributed by atoms with E-state index in [1.54, 1.807) is 12.4 Å². The summed E-state index contributed by atoms with van der Waals surface area (Å²) >= 11 is 1.41. The van der Waals surface area contributed by atoms with Crippen LogP contribution in [0, 0.1) is 34.5 Å². The van der Waals surface area contributed by atoms with Crippen molar-refractivity contribution in [3.8, 4) is 6.07 Å². The number of nitrogens with zero attached hydrogens (tertiary/aromatic N) is 2. The Kier molecular flexibility index (Phi) is 5.82. The summed E-state index contributed by atoms with van der Waals surface area (Å²) in [5.41, 5.74) is 2.14. The molecule has 1 N–H and O–H groups in total. The number of ether oxygens (including phenoxy) is 1. The van der Waals surface area contributed by atoms with Crippen LogP contribution in [0.4, 0.5) is 0 Å². The highest BCUT2D eigenvalue weighted by Gasteiger charge is 2.54. The molecule has 172 valence electrons. The van der Waals surface area contributed by atoms with Gasteiger partial charge in [-0.3, -0.25) is 9.78 Å². The molecule has 4 bridgehead atoms. The fraction of sp³-hybridized carbons (Fsp3) is 0.538. The molecule has 0 aromatic carbocycles. The van der Waals surface area contributed by atoms with Crippen molar-refractivity contribution in [3.63, 3.8) is 0 Å². The van der Waals surface area contributed by atoms with E-state index in [0.717, 1.165) is 42.6 Å². The lowest BCUT2D eigenvalue weighted by Gasteiger charge is -2.56. The first kappa shape index (κ1) is 22.2. The first-order chi connectivity index (χ1) is 15.9. The van der Waals surface area contributed by atoms with E-state index >= 15 is 0 Å². The molecule has 5 aliphatic rings. The van der Waals surface area contributed by atoms with Gasteiger partial charge in [0.15, 0.2) is 0 Å². The molecule has 0 saturated heterocycles. The van der Waals surface area contributed by atoms with Gasteiger partial charge >= 0.3 is 5.97 Å². The Hall–Kier alpha value is -2.59. The number of Topliss-reactive ketones (excluding diaryl/α,β-unsaturated/α-hetero) is 1. The van der Waals surface area contributed by atoms with E-state index in [-0.39, 0.29) is 5.41 Å². The zero-order chi connectivity index (χ0) is 23.2. The van der Waals surface area contributed by atoms with Crippen LogP contribution in [0.1, 0.15) is 56.9 Å². The number of nitrogens with one attached hydrogen (secondary N) is 1. The number of carbonyl (C=O) groups is 2. The van der Waals surface area contributed by atoms with Crippen molar-refractivity contribution < 1.29 is 14.3 Å². The first-order valence-corrected chi connectivity index (χ1v) is 12.7. The monoisotopic (exact) mass is 463 g/mol. The molecule has 1 unspecified atom stereocenters. The van der Waals surface area contributed by atoms with Crippen molar-refractivity contribution in [2.45, 2.75) is 51.4 Å². The number of hydrogen-bond donors (Lipinski definition) is 1. The van der Waals surface area contributed by atoms with Crippen molar-refractivity contribution in [3.05, 3.63) is 52.0 Å². The largest absolute Gasteiger partial charge is 0.466 e. The van der Waals surface area contributed by atoms with Crippen LogP contribution >= 0.6 is 11.8 Å². The fourth-order valence-corrected chi connectivity index (χ4v) is 8.17. The number of esters is 1. The maximum absolute atomic E-state index is 13.5. The van der Waals surface area contributed by atoms with E-state index in [1.165, 1.54) is 38.1 Å². The summed E-state index contributed by atoms with van der Waals surface area (Å²) in [4.78, 5) is 30.2. The van der Waals surface area contributed by atoms with E-state index in [2.05, 4.69) is 16.4 Å². The number of thioether (sulfide) groups is 1. The zero-order valence-corrected chi connectivity index (χ0v) is 19.9. The predicted molar refractivity (Wildman–Crippen MR) is 126 cm³/mol. The molecule has 1 aliphatic heterocycles. The van der Waals surface area contributed by atoms with Crippen LogP contribution in [-0.4, -0.2) is 29.6 Å². The molecule has 4 saturated carbocycles. The predicted octanol–water partition coefficient (Wildman–Crippen LogP) is 4.47. The van der Waals surface area contributed by atoms with Crippen LogP contribution in [-0.2, 0) is 14.3 Å². The third-order valence-corrected chi connectivity index (χ3v) is 9.09. The van der Waals surface area contributed by atoms with E-state index in [9.17, 15) is 14.9 Å². The molecular formula is C26H29N3O3S. The van der Waals surface area contributed by atoms with Gasteiger partial charge in [-0.1, -0.05) is 11.8 Å². The van der Waals surface area contributed by atoms with Crippen molar-refractivity contribution in [2.75, 3.05) is 12.9 Å². The minimum atomic E-state index is -0.552. The molecule has 0 radical (unpaired) electrons. The molecule has 0 amide bonds. The molecule has 0 spiro atoms. The van der Waals surface area contributed by atoms with E-state index in [1.807, 2.05) is 19.1 Å². The quantitative estimate of drug-likeness (QED) is 0.622. The van der Waals surface area contributed by atoms with Crippen molar-refractivity contribution in [2.24, 2.45) is 23.2 Å². The van der Waals surface area contributed by atoms with Gasteiger partial charge in [0, 0.05) is 23.5 Å². The summed E-state index contributed by atoms with van der Waals surface area (Å²) in [6, 6.07) is 5.94. The van der Waals surface area contributed by atoms with Crippen molar-refractivity contribution in [1.29, 1.82) is 5.26 Å². The number of nitriles is 1. The third kappa shape index (κ3) is 3.89. The van der Waals surface area contributed by atoms with Crippen molar-refractivity contribution in [1.82, 2.24) is 10.3 Å². The Balaban J connectivity index is 1.42. The third-order valence-electron chi connectivity index (χ3n) is 8.07. The molecule has 2 heterocycles. The van der Waals surface area contributed by atoms with Gasteiger partial charge in [0.05, 0.1) is 41.0 Å². The molecule has 6 rings (SSSR count). The molecule has 4 fully saturated rings. The molecule has 1 atom stereocenters. The van der Waals surface area contributed by atoms with Gasteiger partial charge in [-0.25, -0.2) is 4.79 Å². The molecule has 1 aromatic heterocycles. The van der Waals surface area contributed by atoms with Crippen LogP contribution in [0.5, 0.6) is 0 Å². The lowest BCUT2D eigenvalue weighted by Crippen LogP contribution is -2.50. The molecule has 4 aliphatic carbocycles. The number of methoxy groups -OCH3 is 1. The van der Waals surface area contributed by atoms with E-state index < -0.39 is 11.9 Å². The second kappa shape index (κ2) is 8.64. The molecule has 6 nitrogen and oxygen atoms in total. The summed E-state index contributed by atoms with van der Waals surface area (Å²) in [5.74, 6) is 1.82. The summed E-state index contributed by atoms with van der Waals surface area (Å²) < 4.78 is 5.03. The number of allylic oxidation sites excluding steroid dienone is 2. The molecule has 7 heteroatoms. The highest BCUT2D eigenvalue weighted by Crippen LogP contribution is 2.60. The Morgan fingerprint density at radius 2 is 1.79 bits per heavy atom. The minimum absolute atomic E-state index is 0.156. The number of rotatable bonds is 6. The Morgan fingerprint density at radius 3 is 2.33 bits per heavy atom. The minimum Gasteiger partial charge on any atom is -0.466 e. The topological polar surface area (TPSA) is 92.1 Å². The number of pyridine rings is 1. The van der Waals surface area contributed by atoms with Gasteiger partial charge in [0.1, 0.15) is 5.78 Å². The number of aromatic nitrogens is 1. The van der Waals surface area contributed by atoms with E-state index in [4.69, 9.17) is 4.74 Å². The van der Waals surface area contributed by atoms with Gasteiger partial charge in [-0.15, -0.1) is 0 Å². The summed E-state index contributed by atoms with van der Waals surface area (Å²) in [6.45, 7) is 1.82. The van der Waals surface area contributed by atoms with Gasteiger partial charge < -0.3 is 10.1 Å². The second-order valence-corrected chi connectivity index (χ2v) is 11.1. The summed E-state index contributed by atoms with van der Waals surface area (Å²) in [6.07, 6.45) is 10.3. The van der Waals surface area contributed by atoms with Crippen LogP contribution in [0.3, 0.4) is 0 Å². The van der Waals surface area contributed by atoms with Gasteiger partial charge in [0.2, 0.25) is 0 Å². The summed E-state index contributed by atoms with van der Waals surface area (Å²) in [5, 5.41) is 14.0. The Bertz CT molecular complexity index is 1050.